The van der Waals surface area contributed by atoms with Crippen LogP contribution in [0, 0.1) is 6.92 Å². The number of nitrogens with one attached hydrogen (secondary N) is 1. The minimum absolute atomic E-state index is 0.0586. The van der Waals surface area contributed by atoms with Crippen molar-refractivity contribution in [3.63, 3.8) is 0 Å². The Morgan fingerprint density at radius 3 is 2.63 bits per heavy atom. The first-order valence-corrected chi connectivity index (χ1v) is 9.56. The average Bonchev–Trinajstić information content (AvgIpc) is 3.16. The molecule has 0 fully saturated rings. The van der Waals surface area contributed by atoms with E-state index >= 15 is 0 Å². The molecule has 0 saturated heterocycles. The zero-order valence-corrected chi connectivity index (χ0v) is 16.7. The van der Waals surface area contributed by atoms with Crippen LogP contribution in [0.1, 0.15) is 47.7 Å². The molecule has 30 heavy (non-hydrogen) atoms. The molecule has 0 spiro atoms. The summed E-state index contributed by atoms with van der Waals surface area (Å²) in [4.78, 5) is 37.4. The van der Waals surface area contributed by atoms with Gasteiger partial charge in [0, 0.05) is 24.2 Å². The zero-order chi connectivity index (χ0) is 21.5. The predicted octanol–water partition coefficient (Wildman–Crippen LogP) is 2.88. The van der Waals surface area contributed by atoms with Crippen LogP contribution in [0.3, 0.4) is 0 Å². The molecule has 0 aliphatic carbocycles. The number of unbranched alkanes of at least 4 members (excludes halogenated alkanes) is 1. The normalized spacial score (nSPS) is 11.7. The predicted molar refractivity (Wildman–Crippen MR) is 108 cm³/mol. The summed E-state index contributed by atoms with van der Waals surface area (Å²) < 4.78 is 11.6. The molecule has 1 aromatic carbocycles. The number of aryl methyl sites for hydroxylation is 2. The summed E-state index contributed by atoms with van der Waals surface area (Å²) in [7, 11) is 0. The molecule has 1 unspecified atom stereocenters. The molecule has 9 heteroatoms. The van der Waals surface area contributed by atoms with Gasteiger partial charge in [-0.05, 0) is 19.4 Å². The monoisotopic (exact) mass is 410 g/mol. The molecule has 1 amide bonds. The molecule has 0 aliphatic rings. The van der Waals surface area contributed by atoms with Gasteiger partial charge in [0.2, 0.25) is 6.10 Å². The molecular formula is C21H22N4O5. The van der Waals surface area contributed by atoms with Crippen LogP contribution in [0.4, 0.5) is 5.82 Å². The standard InChI is InChI=1S/C21H22N4O5/c1-3-4-12-25-18(26)11-10-16(23-25)21(28)29-19(15-8-6-5-7-9-15)20(27)22-17-13-14(2)30-24-17/h5-11,13,19H,3-4,12H2,1-2H3,(H,22,24,27). The summed E-state index contributed by atoms with van der Waals surface area (Å²) in [6.45, 7) is 4.07. The van der Waals surface area contributed by atoms with Crippen molar-refractivity contribution in [3.8, 4) is 0 Å². The Bertz CT molecular complexity index is 1070. The number of hydrogen-bond acceptors (Lipinski definition) is 7. The van der Waals surface area contributed by atoms with E-state index < -0.39 is 18.0 Å². The van der Waals surface area contributed by atoms with Crippen LogP contribution in [0.2, 0.25) is 0 Å². The summed E-state index contributed by atoms with van der Waals surface area (Å²) in [5.74, 6) is -0.680. The fraction of sp³-hybridized carbons (Fsp3) is 0.286. The highest BCUT2D eigenvalue weighted by atomic mass is 16.5. The second kappa shape index (κ2) is 9.64. The van der Waals surface area contributed by atoms with Gasteiger partial charge in [-0.15, -0.1) is 0 Å². The van der Waals surface area contributed by atoms with E-state index in [1.165, 1.54) is 16.8 Å². The van der Waals surface area contributed by atoms with Crippen LogP contribution in [0.15, 0.2) is 57.8 Å². The van der Waals surface area contributed by atoms with E-state index in [1.807, 2.05) is 6.92 Å². The molecule has 0 aliphatic heterocycles. The minimum atomic E-state index is -1.24. The molecule has 0 radical (unpaired) electrons. The number of rotatable bonds is 8. The lowest BCUT2D eigenvalue weighted by atomic mass is 10.1. The third-order valence-corrected chi connectivity index (χ3v) is 4.24. The number of carbonyl (C=O) groups excluding carboxylic acids is 2. The minimum Gasteiger partial charge on any atom is -0.442 e. The van der Waals surface area contributed by atoms with Crippen molar-refractivity contribution in [2.24, 2.45) is 0 Å². The van der Waals surface area contributed by atoms with Crippen LogP contribution in [-0.2, 0) is 16.1 Å². The van der Waals surface area contributed by atoms with Gasteiger partial charge in [0.15, 0.2) is 11.5 Å². The first-order valence-electron chi connectivity index (χ1n) is 9.56. The first kappa shape index (κ1) is 21.0. The van der Waals surface area contributed by atoms with Crippen molar-refractivity contribution in [2.45, 2.75) is 39.3 Å². The number of hydrogen-bond donors (Lipinski definition) is 1. The fourth-order valence-corrected chi connectivity index (χ4v) is 2.71. The Kier molecular flexibility index (Phi) is 6.74. The molecule has 3 aromatic rings. The Balaban J connectivity index is 1.83. The quantitative estimate of drug-likeness (QED) is 0.568. The first-order chi connectivity index (χ1) is 14.5. The van der Waals surface area contributed by atoms with Crippen molar-refractivity contribution < 1.29 is 18.8 Å². The third-order valence-electron chi connectivity index (χ3n) is 4.24. The van der Waals surface area contributed by atoms with Gasteiger partial charge in [0.25, 0.3) is 11.5 Å². The Morgan fingerprint density at radius 1 is 1.20 bits per heavy atom. The Hall–Kier alpha value is -3.75. The molecule has 2 aromatic heterocycles. The van der Waals surface area contributed by atoms with Crippen LogP contribution in [-0.4, -0.2) is 26.8 Å². The number of anilines is 1. The number of esters is 1. The fourth-order valence-electron chi connectivity index (χ4n) is 2.71. The van der Waals surface area contributed by atoms with E-state index in [0.29, 0.717) is 17.9 Å². The summed E-state index contributed by atoms with van der Waals surface area (Å²) in [6.07, 6.45) is 0.381. The summed E-state index contributed by atoms with van der Waals surface area (Å²) in [6, 6.07) is 12.7. The van der Waals surface area contributed by atoms with Gasteiger partial charge in [-0.1, -0.05) is 48.8 Å². The van der Waals surface area contributed by atoms with Crippen LogP contribution < -0.4 is 10.9 Å². The topological polar surface area (TPSA) is 116 Å². The maximum absolute atomic E-state index is 12.8. The van der Waals surface area contributed by atoms with E-state index in [2.05, 4.69) is 15.6 Å². The van der Waals surface area contributed by atoms with Gasteiger partial charge in [-0.25, -0.2) is 9.48 Å². The lowest BCUT2D eigenvalue weighted by Crippen LogP contribution is -2.28. The highest BCUT2D eigenvalue weighted by Crippen LogP contribution is 2.21. The molecule has 9 nitrogen and oxygen atoms in total. The van der Waals surface area contributed by atoms with Gasteiger partial charge in [0.1, 0.15) is 5.76 Å². The molecule has 0 bridgehead atoms. The van der Waals surface area contributed by atoms with Crippen LogP contribution >= 0.6 is 0 Å². The molecule has 3 rings (SSSR count). The van der Waals surface area contributed by atoms with Gasteiger partial charge in [0.05, 0.1) is 0 Å². The smallest absolute Gasteiger partial charge is 0.359 e. The van der Waals surface area contributed by atoms with Crippen molar-refractivity contribution in [1.82, 2.24) is 14.9 Å². The largest absolute Gasteiger partial charge is 0.442 e. The van der Waals surface area contributed by atoms with Gasteiger partial charge < -0.3 is 14.6 Å². The third kappa shape index (κ3) is 5.19. The van der Waals surface area contributed by atoms with E-state index in [0.717, 1.165) is 12.8 Å². The lowest BCUT2D eigenvalue weighted by molar-refractivity contribution is -0.125. The number of aromatic nitrogens is 3. The molecular weight excluding hydrogens is 388 g/mol. The lowest BCUT2D eigenvalue weighted by Gasteiger charge is -2.17. The van der Waals surface area contributed by atoms with Gasteiger partial charge in [-0.2, -0.15) is 5.10 Å². The maximum atomic E-state index is 12.8. The summed E-state index contributed by atoms with van der Waals surface area (Å²) in [5, 5.41) is 10.4. The van der Waals surface area contributed by atoms with Gasteiger partial charge in [-0.3, -0.25) is 9.59 Å². The van der Waals surface area contributed by atoms with Crippen LogP contribution in [0.25, 0.3) is 0 Å². The highest BCUT2D eigenvalue weighted by molar-refractivity contribution is 5.97. The van der Waals surface area contributed by atoms with Crippen molar-refractivity contribution >= 4 is 17.7 Å². The van der Waals surface area contributed by atoms with Crippen LogP contribution in [0.5, 0.6) is 0 Å². The van der Waals surface area contributed by atoms with Crippen molar-refractivity contribution in [2.75, 3.05) is 5.32 Å². The second-order valence-corrected chi connectivity index (χ2v) is 6.64. The Morgan fingerprint density at radius 2 is 1.97 bits per heavy atom. The van der Waals surface area contributed by atoms with E-state index in [9.17, 15) is 14.4 Å². The molecule has 2 heterocycles. The van der Waals surface area contributed by atoms with Gasteiger partial charge >= 0.3 is 5.97 Å². The molecule has 1 atom stereocenters. The van der Waals surface area contributed by atoms with E-state index in [4.69, 9.17) is 9.26 Å². The number of benzene rings is 1. The van der Waals surface area contributed by atoms with E-state index in [-0.39, 0.29) is 17.1 Å². The maximum Gasteiger partial charge on any atom is 0.359 e. The number of nitrogens with zero attached hydrogens (tertiary/aromatic N) is 3. The summed E-state index contributed by atoms with van der Waals surface area (Å²) >= 11 is 0. The zero-order valence-electron chi connectivity index (χ0n) is 16.7. The second-order valence-electron chi connectivity index (χ2n) is 6.64. The number of amides is 1. The SMILES string of the molecule is CCCCn1nc(C(=O)OC(C(=O)Nc2cc(C)on2)c2ccccc2)ccc1=O. The number of ether oxygens (including phenoxy) is 1. The Labute approximate surface area is 172 Å². The average molecular weight is 410 g/mol. The molecule has 156 valence electrons. The van der Waals surface area contributed by atoms with Crippen molar-refractivity contribution in [3.05, 3.63) is 75.9 Å². The molecule has 0 saturated carbocycles. The van der Waals surface area contributed by atoms with E-state index in [1.54, 1.807) is 43.3 Å². The highest BCUT2D eigenvalue weighted by Gasteiger charge is 2.27. The number of carbonyl (C=O) groups is 2. The van der Waals surface area contributed by atoms with Crippen molar-refractivity contribution in [1.29, 1.82) is 0 Å². The molecule has 1 N–H and O–H groups in total. The summed E-state index contributed by atoms with van der Waals surface area (Å²) in [5.41, 5.74) is 0.110.